The van der Waals surface area contributed by atoms with Crippen LogP contribution in [0.3, 0.4) is 0 Å². The Labute approximate surface area is 131 Å². The molecule has 1 unspecified atom stereocenters. The second-order valence-corrected chi connectivity index (χ2v) is 7.02. The number of nitrogens with one attached hydrogen (secondary N) is 1. The molecule has 0 radical (unpaired) electrons. The molecule has 19 heavy (non-hydrogen) atoms. The van der Waals surface area contributed by atoms with Crippen LogP contribution in [0.4, 0.5) is 0 Å². The number of thiazole rings is 1. The summed E-state index contributed by atoms with van der Waals surface area (Å²) in [6.07, 6.45) is 0.829. The zero-order valence-corrected chi connectivity index (χ0v) is 14.3. The van der Waals surface area contributed by atoms with Gasteiger partial charge in [0.2, 0.25) is 0 Å². The highest BCUT2D eigenvalue weighted by Gasteiger charge is 2.17. The van der Waals surface area contributed by atoms with Crippen LogP contribution in [0.5, 0.6) is 0 Å². The predicted molar refractivity (Wildman–Crippen MR) is 89.3 cm³/mol. The van der Waals surface area contributed by atoms with Crippen molar-refractivity contribution in [1.82, 2.24) is 10.4 Å². The molecule has 1 atom stereocenters. The van der Waals surface area contributed by atoms with E-state index in [1.54, 1.807) is 11.3 Å². The topological polar surface area (TPSA) is 50.9 Å². The summed E-state index contributed by atoms with van der Waals surface area (Å²) in [5, 5.41) is 1.13. The third-order valence-electron chi connectivity index (χ3n) is 3.25. The molecular weight excluding hydrogens is 369 g/mol. The minimum atomic E-state index is 0.108. The smallest absolute Gasteiger partial charge is 0.0950 e. The Kier molecular flexibility index (Phi) is 4.94. The molecule has 0 amide bonds. The second-order valence-electron chi connectivity index (χ2n) is 4.65. The van der Waals surface area contributed by atoms with Crippen molar-refractivity contribution in [2.75, 3.05) is 0 Å². The van der Waals surface area contributed by atoms with E-state index in [0.29, 0.717) is 0 Å². The van der Waals surface area contributed by atoms with E-state index in [2.05, 4.69) is 72.0 Å². The van der Waals surface area contributed by atoms with Gasteiger partial charge in [-0.3, -0.25) is 11.3 Å². The molecule has 1 aromatic carbocycles. The van der Waals surface area contributed by atoms with Gasteiger partial charge in [0.05, 0.1) is 16.7 Å². The van der Waals surface area contributed by atoms with Crippen LogP contribution in [-0.2, 0) is 6.42 Å². The summed E-state index contributed by atoms with van der Waals surface area (Å²) in [6.45, 7) is 6.28. The minimum Gasteiger partial charge on any atom is -0.271 e. The van der Waals surface area contributed by atoms with E-state index in [-0.39, 0.29) is 6.04 Å². The number of halogens is 1. The number of aryl methyl sites for hydroxylation is 3. The van der Waals surface area contributed by atoms with Crippen molar-refractivity contribution in [2.45, 2.75) is 33.2 Å². The van der Waals surface area contributed by atoms with E-state index >= 15 is 0 Å². The number of rotatable bonds is 4. The van der Waals surface area contributed by atoms with Crippen molar-refractivity contribution >= 4 is 33.9 Å². The van der Waals surface area contributed by atoms with E-state index in [1.807, 2.05) is 0 Å². The van der Waals surface area contributed by atoms with Crippen molar-refractivity contribution in [2.24, 2.45) is 5.84 Å². The van der Waals surface area contributed by atoms with Crippen LogP contribution >= 0.6 is 33.9 Å². The molecule has 1 aromatic heterocycles. The molecule has 0 bridgehead atoms. The third kappa shape index (κ3) is 3.34. The molecule has 5 heteroatoms. The summed E-state index contributed by atoms with van der Waals surface area (Å²) in [4.78, 5) is 5.88. The fourth-order valence-electron chi connectivity index (χ4n) is 2.00. The first-order chi connectivity index (χ1) is 9.02. The Morgan fingerprint density at radius 3 is 2.68 bits per heavy atom. The maximum absolute atomic E-state index is 5.74. The molecule has 0 aliphatic rings. The predicted octanol–water partition coefficient (Wildman–Crippen LogP) is 3.42. The highest BCUT2D eigenvalue weighted by molar-refractivity contribution is 14.1. The lowest BCUT2D eigenvalue weighted by Crippen LogP contribution is -2.30. The number of hydrogen-bond acceptors (Lipinski definition) is 4. The lowest BCUT2D eigenvalue weighted by molar-refractivity contribution is 0.548. The zero-order chi connectivity index (χ0) is 14.0. The summed E-state index contributed by atoms with van der Waals surface area (Å²) in [7, 11) is 0. The van der Waals surface area contributed by atoms with Gasteiger partial charge < -0.3 is 0 Å². The SMILES string of the molecule is Cc1cccc(C(Cc2nc(C)c(C)s2)NN)c1I. The van der Waals surface area contributed by atoms with E-state index in [9.17, 15) is 0 Å². The number of hydrogen-bond donors (Lipinski definition) is 2. The third-order valence-corrected chi connectivity index (χ3v) is 5.82. The standard InChI is InChI=1S/C14H18IN3S/c1-8-5-4-6-11(14(8)15)12(18-16)7-13-17-9(2)10(3)19-13/h4-6,12,18H,7,16H2,1-3H3. The molecule has 1 heterocycles. The van der Waals surface area contributed by atoms with Crippen molar-refractivity contribution in [3.05, 3.63) is 48.5 Å². The minimum absolute atomic E-state index is 0.108. The van der Waals surface area contributed by atoms with Gasteiger partial charge in [0, 0.05) is 14.9 Å². The molecule has 0 spiro atoms. The molecule has 3 N–H and O–H groups in total. The largest absolute Gasteiger partial charge is 0.271 e. The van der Waals surface area contributed by atoms with Crippen molar-refractivity contribution < 1.29 is 0 Å². The molecule has 3 nitrogen and oxygen atoms in total. The Hall–Kier alpha value is -0.500. The maximum Gasteiger partial charge on any atom is 0.0950 e. The molecule has 2 aromatic rings. The number of nitrogens with two attached hydrogens (primary N) is 1. The van der Waals surface area contributed by atoms with Crippen molar-refractivity contribution in [3.8, 4) is 0 Å². The quantitative estimate of drug-likeness (QED) is 0.480. The molecule has 0 fully saturated rings. The summed E-state index contributed by atoms with van der Waals surface area (Å²) in [5.41, 5.74) is 6.57. The van der Waals surface area contributed by atoms with Gasteiger partial charge >= 0.3 is 0 Å². The van der Waals surface area contributed by atoms with Crippen LogP contribution in [0.15, 0.2) is 18.2 Å². The normalized spacial score (nSPS) is 12.7. The molecule has 0 aliphatic heterocycles. The summed E-state index contributed by atoms with van der Waals surface area (Å²) in [5.74, 6) is 5.74. The lowest BCUT2D eigenvalue weighted by Gasteiger charge is -2.17. The summed E-state index contributed by atoms with van der Waals surface area (Å²) < 4.78 is 1.27. The zero-order valence-electron chi connectivity index (χ0n) is 11.3. The van der Waals surface area contributed by atoms with E-state index < -0.39 is 0 Å². The van der Waals surface area contributed by atoms with Crippen molar-refractivity contribution in [3.63, 3.8) is 0 Å². The van der Waals surface area contributed by atoms with Gasteiger partial charge in [-0.05, 0) is 54.5 Å². The number of aromatic nitrogens is 1. The van der Waals surface area contributed by atoms with Gasteiger partial charge in [0.1, 0.15) is 0 Å². The first kappa shape index (κ1) is 14.9. The maximum atomic E-state index is 5.74. The Morgan fingerprint density at radius 1 is 1.37 bits per heavy atom. The summed E-state index contributed by atoms with van der Waals surface area (Å²) in [6, 6.07) is 6.44. The fourth-order valence-corrected chi connectivity index (χ4v) is 3.71. The van der Waals surface area contributed by atoms with Crippen LogP contribution in [0.1, 0.15) is 32.7 Å². The van der Waals surface area contributed by atoms with Gasteiger partial charge in [-0.15, -0.1) is 11.3 Å². The number of nitrogens with zero attached hydrogens (tertiary/aromatic N) is 1. The monoisotopic (exact) mass is 387 g/mol. The number of hydrazine groups is 1. The van der Waals surface area contributed by atoms with E-state index in [0.717, 1.165) is 17.1 Å². The average molecular weight is 387 g/mol. The second kappa shape index (κ2) is 6.30. The molecular formula is C14H18IN3S. The first-order valence-electron chi connectivity index (χ1n) is 6.17. The van der Waals surface area contributed by atoms with Gasteiger partial charge in [-0.1, -0.05) is 18.2 Å². The van der Waals surface area contributed by atoms with Crippen LogP contribution < -0.4 is 11.3 Å². The Bertz CT molecular complexity index is 561. The highest BCUT2D eigenvalue weighted by atomic mass is 127. The van der Waals surface area contributed by atoms with Crippen molar-refractivity contribution in [1.29, 1.82) is 0 Å². The molecule has 0 saturated carbocycles. The van der Waals surface area contributed by atoms with Gasteiger partial charge in [-0.25, -0.2) is 4.98 Å². The van der Waals surface area contributed by atoms with E-state index in [1.165, 1.54) is 19.6 Å². The highest BCUT2D eigenvalue weighted by Crippen LogP contribution is 2.27. The fraction of sp³-hybridized carbons (Fsp3) is 0.357. The Balaban J connectivity index is 2.27. The van der Waals surface area contributed by atoms with Crippen LogP contribution in [0.2, 0.25) is 0 Å². The van der Waals surface area contributed by atoms with Gasteiger partial charge in [-0.2, -0.15) is 0 Å². The first-order valence-corrected chi connectivity index (χ1v) is 8.06. The van der Waals surface area contributed by atoms with Crippen LogP contribution in [0, 0.1) is 24.3 Å². The van der Waals surface area contributed by atoms with Gasteiger partial charge in [0.15, 0.2) is 0 Å². The molecule has 0 aliphatic carbocycles. The Morgan fingerprint density at radius 2 is 2.11 bits per heavy atom. The van der Waals surface area contributed by atoms with Gasteiger partial charge in [0.25, 0.3) is 0 Å². The van der Waals surface area contributed by atoms with Crippen LogP contribution in [0.25, 0.3) is 0 Å². The molecule has 2 rings (SSSR count). The molecule has 0 saturated heterocycles. The number of benzene rings is 1. The average Bonchev–Trinajstić information content (AvgIpc) is 2.69. The molecule has 102 valence electrons. The van der Waals surface area contributed by atoms with E-state index in [4.69, 9.17) is 5.84 Å². The lowest BCUT2D eigenvalue weighted by atomic mass is 10.0. The summed E-state index contributed by atoms with van der Waals surface area (Å²) >= 11 is 4.14. The van der Waals surface area contributed by atoms with Crippen LogP contribution in [-0.4, -0.2) is 4.98 Å².